The van der Waals surface area contributed by atoms with Crippen molar-refractivity contribution in [3.05, 3.63) is 74.9 Å². The Balaban J connectivity index is 2.10. The lowest BCUT2D eigenvalue weighted by molar-refractivity contribution is 0.401. The van der Waals surface area contributed by atoms with E-state index in [1.807, 2.05) is 0 Å². The first-order valence-electron chi connectivity index (χ1n) is 7.95. The average Bonchev–Trinajstić information content (AvgIpc) is 2.68. The highest BCUT2D eigenvalue weighted by Gasteiger charge is 2.16. The van der Waals surface area contributed by atoms with Crippen LogP contribution in [0.4, 0.5) is 5.69 Å². The maximum Gasteiger partial charge on any atom is 0.335 e. The summed E-state index contributed by atoms with van der Waals surface area (Å²) in [7, 11) is 3.00. The molecular weight excluding hydrogens is 350 g/mol. The number of H-pyrrole nitrogens is 1. The Morgan fingerprint density at radius 3 is 2.41 bits per heavy atom. The summed E-state index contributed by atoms with van der Waals surface area (Å²) in [6, 6.07) is 13.4. The molecule has 8 heteroatoms. The first-order valence-corrected chi connectivity index (χ1v) is 7.95. The number of ether oxygens (including phenoxy) is 2. The molecule has 3 aromatic rings. The number of hydrogen-bond acceptors (Lipinski definition) is 6. The molecule has 0 saturated carbocycles. The summed E-state index contributed by atoms with van der Waals surface area (Å²) in [4.78, 5) is 30.8. The third-order valence-corrected chi connectivity index (χ3v) is 3.86. The van der Waals surface area contributed by atoms with Gasteiger partial charge in [0.2, 0.25) is 5.88 Å². The van der Waals surface area contributed by atoms with E-state index in [0.29, 0.717) is 17.2 Å². The Morgan fingerprint density at radius 1 is 1.04 bits per heavy atom. The van der Waals surface area contributed by atoms with E-state index in [2.05, 4.69) is 9.98 Å². The van der Waals surface area contributed by atoms with E-state index in [-0.39, 0.29) is 11.3 Å². The number of rotatable bonds is 5. The van der Waals surface area contributed by atoms with Crippen molar-refractivity contribution in [3.8, 4) is 23.1 Å². The minimum Gasteiger partial charge on any atom is -0.497 e. The van der Waals surface area contributed by atoms with Gasteiger partial charge in [0.15, 0.2) is 0 Å². The van der Waals surface area contributed by atoms with Gasteiger partial charge in [-0.1, -0.05) is 12.1 Å². The van der Waals surface area contributed by atoms with Crippen LogP contribution >= 0.6 is 0 Å². The zero-order valence-electron chi connectivity index (χ0n) is 14.7. The molecule has 0 aliphatic heterocycles. The molecule has 0 unspecified atom stereocenters. The van der Waals surface area contributed by atoms with Gasteiger partial charge in [-0.3, -0.25) is 14.8 Å². The normalized spacial score (nSPS) is 10.9. The van der Waals surface area contributed by atoms with Crippen LogP contribution in [0.5, 0.6) is 17.4 Å². The number of benzene rings is 2. The molecule has 3 rings (SSSR count). The van der Waals surface area contributed by atoms with E-state index in [9.17, 15) is 14.7 Å². The Labute approximate surface area is 154 Å². The molecule has 138 valence electrons. The van der Waals surface area contributed by atoms with Crippen molar-refractivity contribution in [2.24, 2.45) is 4.99 Å². The molecule has 0 aliphatic carbocycles. The summed E-state index contributed by atoms with van der Waals surface area (Å²) in [5.41, 5.74) is -0.858. The number of aromatic nitrogens is 2. The Kier molecular flexibility index (Phi) is 5.07. The van der Waals surface area contributed by atoms with E-state index in [1.54, 1.807) is 55.6 Å². The number of aromatic hydroxyl groups is 1. The molecule has 0 amide bonds. The van der Waals surface area contributed by atoms with E-state index in [1.165, 1.54) is 13.3 Å². The highest BCUT2D eigenvalue weighted by Crippen LogP contribution is 2.25. The monoisotopic (exact) mass is 367 g/mol. The molecule has 27 heavy (non-hydrogen) atoms. The second-order valence-electron chi connectivity index (χ2n) is 5.46. The topological polar surface area (TPSA) is 106 Å². The molecule has 0 fully saturated rings. The molecule has 1 aromatic heterocycles. The molecule has 0 saturated heterocycles. The van der Waals surface area contributed by atoms with Gasteiger partial charge in [0.1, 0.15) is 17.1 Å². The van der Waals surface area contributed by atoms with Gasteiger partial charge in [0.05, 0.1) is 25.6 Å². The van der Waals surface area contributed by atoms with Crippen LogP contribution in [-0.2, 0) is 0 Å². The van der Waals surface area contributed by atoms with Crippen LogP contribution < -0.4 is 20.7 Å². The fourth-order valence-electron chi connectivity index (χ4n) is 2.50. The SMILES string of the molecule is COc1ccc(N=Cc2c(O)n(-c3ccccc3OC)c(=O)[nH]c2=O)cc1. The second kappa shape index (κ2) is 7.61. The predicted octanol–water partition coefficient (Wildman–Crippen LogP) is 2.00. The Bertz CT molecular complexity index is 1100. The number of aromatic amines is 1. The lowest BCUT2D eigenvalue weighted by Crippen LogP contribution is -2.31. The summed E-state index contributed by atoms with van der Waals surface area (Å²) >= 11 is 0. The van der Waals surface area contributed by atoms with Crippen LogP contribution in [0.25, 0.3) is 5.69 Å². The average molecular weight is 367 g/mol. The number of nitrogens with one attached hydrogen (secondary N) is 1. The number of nitrogens with zero attached hydrogens (tertiary/aromatic N) is 2. The largest absolute Gasteiger partial charge is 0.497 e. The van der Waals surface area contributed by atoms with Gasteiger partial charge >= 0.3 is 5.69 Å². The van der Waals surface area contributed by atoms with E-state index in [0.717, 1.165) is 4.57 Å². The highest BCUT2D eigenvalue weighted by atomic mass is 16.5. The van der Waals surface area contributed by atoms with Crippen LogP contribution in [0, 0.1) is 0 Å². The van der Waals surface area contributed by atoms with E-state index < -0.39 is 17.1 Å². The molecule has 8 nitrogen and oxygen atoms in total. The minimum atomic E-state index is -0.788. The van der Waals surface area contributed by atoms with Gasteiger partial charge in [-0.05, 0) is 36.4 Å². The Hall–Kier alpha value is -3.81. The summed E-state index contributed by atoms with van der Waals surface area (Å²) < 4.78 is 11.2. The quantitative estimate of drug-likeness (QED) is 0.671. The number of para-hydroxylation sites is 2. The van der Waals surface area contributed by atoms with Crippen LogP contribution in [0.2, 0.25) is 0 Å². The molecule has 1 heterocycles. The molecule has 2 N–H and O–H groups in total. The Morgan fingerprint density at radius 2 is 1.74 bits per heavy atom. The number of hydrogen-bond donors (Lipinski definition) is 2. The molecule has 0 aliphatic rings. The first kappa shape index (κ1) is 18.0. The molecule has 0 atom stereocenters. The predicted molar refractivity (Wildman–Crippen MR) is 101 cm³/mol. The van der Waals surface area contributed by atoms with Crippen LogP contribution in [0.15, 0.2) is 63.1 Å². The zero-order valence-corrected chi connectivity index (χ0v) is 14.7. The van der Waals surface area contributed by atoms with Crippen molar-refractivity contribution >= 4 is 11.9 Å². The number of aliphatic imine (C=N–C) groups is 1. The van der Waals surface area contributed by atoms with Crippen molar-refractivity contribution in [2.45, 2.75) is 0 Å². The van der Waals surface area contributed by atoms with Crippen LogP contribution in [-0.4, -0.2) is 35.1 Å². The van der Waals surface area contributed by atoms with Gasteiger partial charge in [0, 0.05) is 6.21 Å². The summed E-state index contributed by atoms with van der Waals surface area (Å²) in [5, 5.41) is 10.6. The summed E-state index contributed by atoms with van der Waals surface area (Å²) in [5.74, 6) is 0.491. The fourth-order valence-corrected chi connectivity index (χ4v) is 2.50. The molecule has 0 spiro atoms. The number of methoxy groups -OCH3 is 2. The lowest BCUT2D eigenvalue weighted by atomic mass is 10.2. The van der Waals surface area contributed by atoms with Crippen LogP contribution in [0.1, 0.15) is 5.56 Å². The third-order valence-electron chi connectivity index (χ3n) is 3.86. The van der Waals surface area contributed by atoms with Crippen molar-refractivity contribution in [1.82, 2.24) is 9.55 Å². The third kappa shape index (κ3) is 3.59. The molecule has 2 aromatic carbocycles. The standard InChI is InChI=1S/C19H17N3O5/c1-26-13-9-7-12(8-10-13)20-11-14-17(23)21-19(25)22(18(14)24)15-5-3-4-6-16(15)27-2/h3-11,24H,1-2H3,(H,21,23,25). The van der Waals surface area contributed by atoms with Gasteiger partial charge in [-0.2, -0.15) is 0 Å². The van der Waals surface area contributed by atoms with Crippen LogP contribution in [0.3, 0.4) is 0 Å². The van der Waals surface area contributed by atoms with Crippen molar-refractivity contribution in [3.63, 3.8) is 0 Å². The summed E-state index contributed by atoms with van der Waals surface area (Å²) in [6.45, 7) is 0. The van der Waals surface area contributed by atoms with Gasteiger partial charge in [-0.15, -0.1) is 0 Å². The summed E-state index contributed by atoms with van der Waals surface area (Å²) in [6.07, 6.45) is 1.20. The van der Waals surface area contributed by atoms with Gasteiger partial charge in [-0.25, -0.2) is 9.36 Å². The lowest BCUT2D eigenvalue weighted by Gasteiger charge is -2.12. The van der Waals surface area contributed by atoms with Gasteiger partial charge < -0.3 is 14.6 Å². The van der Waals surface area contributed by atoms with Crippen molar-refractivity contribution in [2.75, 3.05) is 14.2 Å². The maximum absolute atomic E-state index is 12.3. The maximum atomic E-state index is 12.3. The highest BCUT2D eigenvalue weighted by molar-refractivity contribution is 5.84. The van der Waals surface area contributed by atoms with Crippen molar-refractivity contribution in [1.29, 1.82) is 0 Å². The van der Waals surface area contributed by atoms with E-state index in [4.69, 9.17) is 9.47 Å². The van der Waals surface area contributed by atoms with Crippen molar-refractivity contribution < 1.29 is 14.6 Å². The first-order chi connectivity index (χ1) is 13.0. The van der Waals surface area contributed by atoms with Gasteiger partial charge in [0.25, 0.3) is 5.56 Å². The molecule has 0 bridgehead atoms. The molecule has 0 radical (unpaired) electrons. The zero-order chi connectivity index (χ0) is 19.4. The van der Waals surface area contributed by atoms with E-state index >= 15 is 0 Å². The smallest absolute Gasteiger partial charge is 0.335 e. The molecular formula is C19H17N3O5. The minimum absolute atomic E-state index is 0.156. The fraction of sp³-hybridized carbons (Fsp3) is 0.105. The second-order valence-corrected chi connectivity index (χ2v) is 5.46.